The number of amides is 2. The SMILES string of the molecule is O=C1C=CC(=O)N1c1ccc(Br)cc1.c1cn[nH]c1. The van der Waals surface area contributed by atoms with Crippen molar-refractivity contribution in [1.29, 1.82) is 0 Å². The highest BCUT2D eigenvalue weighted by molar-refractivity contribution is 9.10. The van der Waals surface area contributed by atoms with Crippen molar-refractivity contribution >= 4 is 33.4 Å². The summed E-state index contributed by atoms with van der Waals surface area (Å²) in [5.41, 5.74) is 0.591. The molecule has 2 aromatic rings. The lowest BCUT2D eigenvalue weighted by molar-refractivity contribution is -0.119. The summed E-state index contributed by atoms with van der Waals surface area (Å²) in [6.07, 6.45) is 5.99. The molecule has 1 aromatic carbocycles. The Bertz CT molecular complexity index is 556. The van der Waals surface area contributed by atoms with Gasteiger partial charge in [-0.15, -0.1) is 0 Å². The minimum absolute atomic E-state index is 0.294. The number of nitrogens with one attached hydrogen (secondary N) is 1. The van der Waals surface area contributed by atoms with Gasteiger partial charge in [0.05, 0.1) is 5.69 Å². The molecule has 0 saturated heterocycles. The van der Waals surface area contributed by atoms with E-state index < -0.39 is 0 Å². The molecule has 2 amide bonds. The van der Waals surface area contributed by atoms with Crippen LogP contribution in [0.15, 0.2) is 59.4 Å². The van der Waals surface area contributed by atoms with Gasteiger partial charge in [0, 0.05) is 29.0 Å². The molecule has 0 radical (unpaired) electrons. The molecule has 6 heteroatoms. The van der Waals surface area contributed by atoms with E-state index in [1.54, 1.807) is 36.7 Å². The van der Waals surface area contributed by atoms with Gasteiger partial charge in [0.15, 0.2) is 0 Å². The first-order valence-corrected chi connectivity index (χ1v) is 6.23. The Morgan fingerprint density at radius 2 is 1.68 bits per heavy atom. The van der Waals surface area contributed by atoms with Gasteiger partial charge >= 0.3 is 0 Å². The smallest absolute Gasteiger partial charge is 0.258 e. The summed E-state index contributed by atoms with van der Waals surface area (Å²) in [4.78, 5) is 23.7. The third-order valence-electron chi connectivity index (χ3n) is 2.30. The van der Waals surface area contributed by atoms with Crippen LogP contribution in [0.5, 0.6) is 0 Å². The molecule has 0 bridgehead atoms. The Balaban J connectivity index is 0.000000224. The molecule has 0 aliphatic carbocycles. The van der Waals surface area contributed by atoms with Crippen LogP contribution in [-0.2, 0) is 9.59 Å². The number of carbonyl (C=O) groups excluding carboxylic acids is 2. The van der Waals surface area contributed by atoms with Gasteiger partial charge in [-0.25, -0.2) is 4.90 Å². The number of imide groups is 1. The van der Waals surface area contributed by atoms with Gasteiger partial charge < -0.3 is 0 Å². The fourth-order valence-electron chi connectivity index (χ4n) is 1.46. The van der Waals surface area contributed by atoms with Gasteiger partial charge in [0.25, 0.3) is 11.8 Å². The molecular weight excluding hydrogens is 310 g/mol. The van der Waals surface area contributed by atoms with E-state index in [1.165, 1.54) is 12.2 Å². The van der Waals surface area contributed by atoms with E-state index in [0.717, 1.165) is 9.37 Å². The summed E-state index contributed by atoms with van der Waals surface area (Å²) >= 11 is 3.28. The van der Waals surface area contributed by atoms with Gasteiger partial charge in [0.1, 0.15) is 0 Å². The summed E-state index contributed by atoms with van der Waals surface area (Å²) in [5, 5.41) is 6.21. The summed E-state index contributed by atoms with van der Waals surface area (Å²) in [5.74, 6) is -0.588. The molecule has 5 nitrogen and oxygen atoms in total. The minimum Gasteiger partial charge on any atom is -0.286 e. The third-order valence-corrected chi connectivity index (χ3v) is 2.83. The molecule has 0 fully saturated rings. The average molecular weight is 320 g/mol. The van der Waals surface area contributed by atoms with Crippen LogP contribution in [0, 0.1) is 0 Å². The molecule has 0 saturated carbocycles. The lowest BCUT2D eigenvalue weighted by atomic mass is 10.3. The van der Waals surface area contributed by atoms with Crippen LogP contribution in [0.1, 0.15) is 0 Å². The van der Waals surface area contributed by atoms with E-state index in [-0.39, 0.29) is 11.8 Å². The van der Waals surface area contributed by atoms with E-state index in [4.69, 9.17) is 0 Å². The number of aromatic nitrogens is 2. The fraction of sp³-hybridized carbons (Fsp3) is 0. The third kappa shape index (κ3) is 3.38. The number of anilines is 1. The zero-order chi connectivity index (χ0) is 13.7. The topological polar surface area (TPSA) is 66.1 Å². The first-order valence-electron chi connectivity index (χ1n) is 5.44. The van der Waals surface area contributed by atoms with Gasteiger partial charge in [-0.1, -0.05) is 15.9 Å². The second-order valence-electron chi connectivity index (χ2n) is 3.59. The number of carbonyl (C=O) groups is 2. The van der Waals surface area contributed by atoms with Gasteiger partial charge in [0.2, 0.25) is 0 Å². The van der Waals surface area contributed by atoms with Crippen molar-refractivity contribution in [3.05, 3.63) is 59.4 Å². The molecule has 1 aliphatic rings. The van der Waals surface area contributed by atoms with Crippen molar-refractivity contribution in [2.75, 3.05) is 4.90 Å². The number of halogens is 1. The molecule has 1 aliphatic heterocycles. The van der Waals surface area contributed by atoms with Crippen LogP contribution in [-0.4, -0.2) is 22.0 Å². The number of rotatable bonds is 1. The van der Waals surface area contributed by atoms with Crippen molar-refractivity contribution in [1.82, 2.24) is 10.2 Å². The highest BCUT2D eigenvalue weighted by Crippen LogP contribution is 2.21. The molecule has 0 atom stereocenters. The molecule has 3 rings (SSSR count). The van der Waals surface area contributed by atoms with Gasteiger partial charge in [-0.05, 0) is 30.3 Å². The summed E-state index contributed by atoms with van der Waals surface area (Å²) in [6.45, 7) is 0. The molecule has 1 aromatic heterocycles. The predicted octanol–water partition coefficient (Wildman–Crippen LogP) is 2.29. The molecule has 0 spiro atoms. The summed E-state index contributed by atoms with van der Waals surface area (Å²) < 4.78 is 0.910. The standard InChI is InChI=1S/C10H6BrNO2.C3H4N2/c11-7-1-3-8(4-2-7)12-9(13)5-6-10(12)14;1-2-4-5-3-1/h1-6H;1-3H,(H,4,5). The van der Waals surface area contributed by atoms with E-state index in [2.05, 4.69) is 26.1 Å². The number of H-pyrrole nitrogens is 1. The number of hydrogen-bond donors (Lipinski definition) is 1. The highest BCUT2D eigenvalue weighted by Gasteiger charge is 2.24. The summed E-state index contributed by atoms with van der Waals surface area (Å²) in [7, 11) is 0. The van der Waals surface area contributed by atoms with Crippen molar-refractivity contribution in [2.45, 2.75) is 0 Å². The lowest BCUT2D eigenvalue weighted by Gasteiger charge is -2.13. The molecule has 0 unspecified atom stereocenters. The largest absolute Gasteiger partial charge is 0.286 e. The van der Waals surface area contributed by atoms with Crippen LogP contribution in [0.3, 0.4) is 0 Å². The molecule has 2 heterocycles. The number of benzene rings is 1. The fourth-order valence-corrected chi connectivity index (χ4v) is 1.72. The van der Waals surface area contributed by atoms with Gasteiger partial charge in [-0.3, -0.25) is 14.7 Å². The van der Waals surface area contributed by atoms with Crippen LogP contribution in [0.2, 0.25) is 0 Å². The Morgan fingerprint density at radius 1 is 1.05 bits per heavy atom. The number of aromatic amines is 1. The first kappa shape index (κ1) is 13.2. The van der Waals surface area contributed by atoms with Crippen LogP contribution in [0.25, 0.3) is 0 Å². The second kappa shape index (κ2) is 6.10. The predicted molar refractivity (Wildman–Crippen MR) is 74.4 cm³/mol. The zero-order valence-electron chi connectivity index (χ0n) is 9.79. The quantitative estimate of drug-likeness (QED) is 0.820. The summed E-state index contributed by atoms with van der Waals surface area (Å²) in [6, 6.07) is 8.84. The molecule has 19 heavy (non-hydrogen) atoms. The molecule has 1 N–H and O–H groups in total. The van der Waals surface area contributed by atoms with Gasteiger partial charge in [-0.2, -0.15) is 5.10 Å². The average Bonchev–Trinajstić information content (AvgIpc) is 3.06. The molecular formula is C13H10BrN3O2. The van der Waals surface area contributed by atoms with Crippen molar-refractivity contribution in [3.63, 3.8) is 0 Å². The van der Waals surface area contributed by atoms with Crippen LogP contribution in [0.4, 0.5) is 5.69 Å². The number of hydrogen-bond acceptors (Lipinski definition) is 3. The monoisotopic (exact) mass is 319 g/mol. The van der Waals surface area contributed by atoms with E-state index in [1.807, 2.05) is 6.07 Å². The zero-order valence-corrected chi connectivity index (χ0v) is 11.4. The minimum atomic E-state index is -0.294. The van der Waals surface area contributed by atoms with Crippen molar-refractivity contribution in [3.8, 4) is 0 Å². The highest BCUT2D eigenvalue weighted by atomic mass is 79.9. The normalized spacial score (nSPS) is 13.4. The Labute approximate surface area is 118 Å². The van der Waals surface area contributed by atoms with Crippen molar-refractivity contribution in [2.24, 2.45) is 0 Å². The van der Waals surface area contributed by atoms with Crippen molar-refractivity contribution < 1.29 is 9.59 Å². The van der Waals surface area contributed by atoms with E-state index in [0.29, 0.717) is 5.69 Å². The Morgan fingerprint density at radius 3 is 2.11 bits per heavy atom. The van der Waals surface area contributed by atoms with E-state index >= 15 is 0 Å². The number of nitrogens with zero attached hydrogens (tertiary/aromatic N) is 2. The van der Waals surface area contributed by atoms with Crippen LogP contribution >= 0.6 is 15.9 Å². The maximum Gasteiger partial charge on any atom is 0.258 e. The molecule has 96 valence electrons. The van der Waals surface area contributed by atoms with E-state index in [9.17, 15) is 9.59 Å². The Hall–Kier alpha value is -2.21. The lowest BCUT2D eigenvalue weighted by Crippen LogP contribution is -2.29. The second-order valence-corrected chi connectivity index (χ2v) is 4.50. The van der Waals surface area contributed by atoms with Crippen LogP contribution < -0.4 is 4.90 Å². The maximum atomic E-state index is 11.3. The maximum absolute atomic E-state index is 11.3. The first-order chi connectivity index (χ1) is 9.18. The Kier molecular flexibility index (Phi) is 4.25.